The van der Waals surface area contributed by atoms with Crippen molar-refractivity contribution in [1.29, 1.82) is 0 Å². The first kappa shape index (κ1) is 14.5. The number of hydrogen-bond acceptors (Lipinski definition) is 2. The molecule has 0 spiro atoms. The number of carbonyl (C=O) groups is 1. The molecule has 2 aromatic rings. The fraction of sp³-hybridized carbons (Fsp3) is 0.133. The highest BCUT2D eigenvalue weighted by Crippen LogP contribution is 2.27. The predicted molar refractivity (Wildman–Crippen MR) is 79.5 cm³/mol. The van der Waals surface area contributed by atoms with Crippen molar-refractivity contribution in [2.75, 3.05) is 5.32 Å². The fourth-order valence-corrected chi connectivity index (χ4v) is 2.53. The molecule has 0 radical (unpaired) electrons. The first-order valence-corrected chi connectivity index (χ1v) is 6.82. The van der Waals surface area contributed by atoms with Gasteiger partial charge in [0.15, 0.2) is 0 Å². The molecule has 0 bridgehead atoms. The molecule has 0 saturated heterocycles. The van der Waals surface area contributed by atoms with E-state index in [1.54, 1.807) is 0 Å². The van der Waals surface area contributed by atoms with E-state index in [-0.39, 0.29) is 17.3 Å². The van der Waals surface area contributed by atoms with Crippen LogP contribution in [0.4, 0.5) is 10.1 Å². The Hall–Kier alpha value is -1.88. The number of carboxylic acids is 1. The van der Waals surface area contributed by atoms with E-state index in [0.717, 1.165) is 16.1 Å². The van der Waals surface area contributed by atoms with Gasteiger partial charge in [0.1, 0.15) is 5.82 Å². The molecule has 5 heteroatoms. The van der Waals surface area contributed by atoms with Crippen molar-refractivity contribution in [2.24, 2.45) is 0 Å². The minimum absolute atomic E-state index is 0.0493. The molecule has 2 N–H and O–H groups in total. The van der Waals surface area contributed by atoms with Crippen molar-refractivity contribution in [1.82, 2.24) is 0 Å². The van der Waals surface area contributed by atoms with E-state index in [9.17, 15) is 9.18 Å². The molecule has 0 heterocycles. The van der Waals surface area contributed by atoms with Crippen molar-refractivity contribution < 1.29 is 14.3 Å². The Morgan fingerprint density at radius 3 is 2.65 bits per heavy atom. The third-order valence-electron chi connectivity index (χ3n) is 2.96. The maximum atomic E-state index is 13.7. The summed E-state index contributed by atoms with van der Waals surface area (Å²) in [6.07, 6.45) is 0. The zero-order chi connectivity index (χ0) is 14.7. The molecule has 2 rings (SSSR count). The van der Waals surface area contributed by atoms with Crippen LogP contribution < -0.4 is 5.32 Å². The van der Waals surface area contributed by atoms with Crippen LogP contribution >= 0.6 is 15.9 Å². The number of rotatable bonds is 4. The van der Waals surface area contributed by atoms with E-state index in [0.29, 0.717) is 0 Å². The molecule has 0 fully saturated rings. The van der Waals surface area contributed by atoms with Gasteiger partial charge < -0.3 is 10.4 Å². The van der Waals surface area contributed by atoms with Crippen LogP contribution in [0.25, 0.3) is 0 Å². The summed E-state index contributed by atoms with van der Waals surface area (Å²) in [5, 5.41) is 11.9. The topological polar surface area (TPSA) is 49.3 Å². The number of aromatic carboxylic acids is 1. The summed E-state index contributed by atoms with van der Waals surface area (Å²) in [6, 6.07) is 11.1. The first-order chi connectivity index (χ1) is 9.49. The summed E-state index contributed by atoms with van der Waals surface area (Å²) in [6.45, 7) is 1.88. The van der Waals surface area contributed by atoms with Crippen LogP contribution in [-0.4, -0.2) is 11.1 Å². The number of hydrogen-bond donors (Lipinski definition) is 2. The van der Waals surface area contributed by atoms with E-state index in [1.807, 2.05) is 31.2 Å². The molecule has 3 nitrogen and oxygen atoms in total. The Kier molecular flexibility index (Phi) is 4.39. The van der Waals surface area contributed by atoms with Crippen molar-refractivity contribution in [3.63, 3.8) is 0 Å². The molecular weight excluding hydrogens is 325 g/mol. The summed E-state index contributed by atoms with van der Waals surface area (Å²) in [5.74, 6) is -1.56. The summed E-state index contributed by atoms with van der Waals surface area (Å²) >= 11 is 3.44. The number of benzene rings is 2. The highest BCUT2D eigenvalue weighted by Gasteiger charge is 2.13. The number of halogens is 2. The van der Waals surface area contributed by atoms with Gasteiger partial charge in [-0.25, -0.2) is 9.18 Å². The summed E-state index contributed by atoms with van der Waals surface area (Å²) in [4.78, 5) is 10.9. The second-order valence-electron chi connectivity index (χ2n) is 4.39. The van der Waals surface area contributed by atoms with E-state index in [4.69, 9.17) is 5.11 Å². The minimum Gasteiger partial charge on any atom is -0.478 e. The van der Waals surface area contributed by atoms with Crippen LogP contribution in [0.2, 0.25) is 0 Å². The number of nitrogens with one attached hydrogen (secondary N) is 1. The van der Waals surface area contributed by atoms with E-state index < -0.39 is 11.8 Å². The maximum Gasteiger partial charge on any atom is 0.335 e. The monoisotopic (exact) mass is 337 g/mol. The van der Waals surface area contributed by atoms with Gasteiger partial charge in [-0.2, -0.15) is 0 Å². The van der Waals surface area contributed by atoms with Crippen molar-refractivity contribution in [3.8, 4) is 0 Å². The molecule has 0 aromatic heterocycles. The van der Waals surface area contributed by atoms with Gasteiger partial charge in [-0.05, 0) is 36.8 Å². The molecule has 2 aromatic carbocycles. The lowest BCUT2D eigenvalue weighted by Gasteiger charge is -2.18. The smallest absolute Gasteiger partial charge is 0.335 e. The van der Waals surface area contributed by atoms with Gasteiger partial charge in [-0.15, -0.1) is 0 Å². The lowest BCUT2D eigenvalue weighted by atomic mass is 10.1. The third kappa shape index (κ3) is 3.17. The average Bonchev–Trinajstić information content (AvgIpc) is 2.41. The number of anilines is 1. The fourth-order valence-electron chi connectivity index (χ4n) is 1.91. The van der Waals surface area contributed by atoms with Gasteiger partial charge in [0.05, 0.1) is 11.3 Å². The van der Waals surface area contributed by atoms with Gasteiger partial charge >= 0.3 is 5.97 Å². The summed E-state index contributed by atoms with van der Waals surface area (Å²) < 4.78 is 14.7. The predicted octanol–water partition coefficient (Wildman–Crippen LogP) is 4.46. The van der Waals surface area contributed by atoms with E-state index >= 15 is 0 Å². The normalized spacial score (nSPS) is 11.9. The molecule has 20 heavy (non-hydrogen) atoms. The van der Waals surface area contributed by atoms with Crippen molar-refractivity contribution in [2.45, 2.75) is 13.0 Å². The molecule has 1 atom stereocenters. The van der Waals surface area contributed by atoms with Crippen LogP contribution in [-0.2, 0) is 0 Å². The Bertz CT molecular complexity index is 646. The quantitative estimate of drug-likeness (QED) is 0.865. The zero-order valence-corrected chi connectivity index (χ0v) is 12.3. The average molecular weight is 338 g/mol. The van der Waals surface area contributed by atoms with Gasteiger partial charge in [0.25, 0.3) is 0 Å². The Labute approximate surface area is 124 Å². The van der Waals surface area contributed by atoms with Crippen LogP contribution in [0.3, 0.4) is 0 Å². The van der Waals surface area contributed by atoms with Crippen LogP contribution in [0, 0.1) is 5.82 Å². The maximum absolute atomic E-state index is 13.7. The van der Waals surface area contributed by atoms with E-state index in [1.165, 1.54) is 12.1 Å². The second-order valence-corrected chi connectivity index (χ2v) is 5.24. The number of carboxylic acid groups (broad SMARTS) is 1. The molecule has 0 saturated carbocycles. The largest absolute Gasteiger partial charge is 0.478 e. The highest BCUT2D eigenvalue weighted by molar-refractivity contribution is 9.10. The Morgan fingerprint density at radius 1 is 1.30 bits per heavy atom. The Morgan fingerprint density at radius 2 is 2.00 bits per heavy atom. The highest BCUT2D eigenvalue weighted by atomic mass is 79.9. The van der Waals surface area contributed by atoms with Crippen LogP contribution in [0.1, 0.15) is 28.9 Å². The molecule has 0 aliphatic heterocycles. The molecule has 0 amide bonds. The van der Waals surface area contributed by atoms with Crippen LogP contribution in [0.5, 0.6) is 0 Å². The van der Waals surface area contributed by atoms with Gasteiger partial charge in [-0.1, -0.05) is 34.1 Å². The lowest BCUT2D eigenvalue weighted by molar-refractivity contribution is 0.0697. The SMILES string of the molecule is CC(Nc1cc(C(=O)O)ccc1F)c1ccccc1Br. The molecule has 1 unspecified atom stereocenters. The standard InChI is InChI=1S/C15H13BrFNO2/c1-9(11-4-2-3-5-12(11)16)18-14-8-10(15(19)20)6-7-13(14)17/h2-9,18H,1H3,(H,19,20). The summed E-state index contributed by atoms with van der Waals surface area (Å²) in [7, 11) is 0. The van der Waals surface area contributed by atoms with E-state index in [2.05, 4.69) is 21.2 Å². The first-order valence-electron chi connectivity index (χ1n) is 6.03. The second kappa shape index (κ2) is 6.05. The van der Waals surface area contributed by atoms with Gasteiger partial charge in [-0.3, -0.25) is 0 Å². The molecule has 104 valence electrons. The van der Waals surface area contributed by atoms with Gasteiger partial charge in [0.2, 0.25) is 0 Å². The third-order valence-corrected chi connectivity index (χ3v) is 3.68. The molecule has 0 aliphatic carbocycles. The lowest BCUT2D eigenvalue weighted by Crippen LogP contribution is -2.09. The van der Waals surface area contributed by atoms with Crippen molar-refractivity contribution >= 4 is 27.6 Å². The zero-order valence-electron chi connectivity index (χ0n) is 10.7. The van der Waals surface area contributed by atoms with Crippen LogP contribution in [0.15, 0.2) is 46.9 Å². The van der Waals surface area contributed by atoms with Gasteiger partial charge in [0, 0.05) is 10.5 Å². The molecular formula is C15H13BrFNO2. The summed E-state index contributed by atoms with van der Waals surface area (Å²) in [5.41, 5.74) is 1.19. The Balaban J connectivity index is 2.28. The molecule has 0 aliphatic rings. The van der Waals surface area contributed by atoms with Crippen molar-refractivity contribution in [3.05, 3.63) is 63.9 Å². The minimum atomic E-state index is -1.08.